The molecule has 1 atom stereocenters. The van der Waals surface area contributed by atoms with Gasteiger partial charge in [-0.25, -0.2) is 4.68 Å². The molecule has 2 rings (SSSR count). The number of carbonyl (C=O) groups is 1. The van der Waals surface area contributed by atoms with Crippen molar-refractivity contribution in [2.24, 2.45) is 0 Å². The van der Waals surface area contributed by atoms with Gasteiger partial charge < -0.3 is 15.8 Å². The largest absolute Gasteiger partial charge is 0.399 e. The van der Waals surface area contributed by atoms with Crippen molar-refractivity contribution in [3.63, 3.8) is 0 Å². The molecular formula is C14H18N4O2. The lowest BCUT2D eigenvalue weighted by molar-refractivity contribution is 0.0900. The lowest BCUT2D eigenvalue weighted by Gasteiger charge is -2.11. The maximum atomic E-state index is 12.0. The number of nitrogens with two attached hydrogens (primary N) is 1. The molecule has 1 aromatic carbocycles. The average Bonchev–Trinajstić information content (AvgIpc) is 2.88. The first-order valence-corrected chi connectivity index (χ1v) is 6.31. The first-order valence-electron chi connectivity index (χ1n) is 6.31. The third kappa shape index (κ3) is 3.36. The number of methoxy groups -OCH3 is 1. The molecule has 0 aliphatic carbocycles. The molecule has 0 bridgehead atoms. The Bertz CT molecular complexity index is 594. The van der Waals surface area contributed by atoms with Gasteiger partial charge in [-0.3, -0.25) is 4.79 Å². The number of aromatic nitrogens is 2. The molecule has 0 saturated carbocycles. The fourth-order valence-electron chi connectivity index (χ4n) is 1.85. The van der Waals surface area contributed by atoms with Gasteiger partial charge >= 0.3 is 0 Å². The van der Waals surface area contributed by atoms with Crippen molar-refractivity contribution in [1.82, 2.24) is 15.1 Å². The second kappa shape index (κ2) is 6.21. The number of carbonyl (C=O) groups excluding carboxylic acids is 1. The average molecular weight is 274 g/mol. The van der Waals surface area contributed by atoms with Crippen molar-refractivity contribution in [2.75, 3.05) is 19.5 Å². The van der Waals surface area contributed by atoms with Gasteiger partial charge in [0.1, 0.15) is 0 Å². The molecule has 0 aliphatic heterocycles. The van der Waals surface area contributed by atoms with Crippen LogP contribution in [0, 0.1) is 0 Å². The maximum Gasteiger partial charge on any atom is 0.272 e. The minimum atomic E-state index is -0.225. The molecule has 0 saturated heterocycles. The van der Waals surface area contributed by atoms with Gasteiger partial charge in [-0.1, -0.05) is 6.07 Å². The van der Waals surface area contributed by atoms with E-state index in [9.17, 15) is 4.79 Å². The summed E-state index contributed by atoms with van der Waals surface area (Å²) in [6.07, 6.45) is 1.73. The first-order chi connectivity index (χ1) is 9.60. The van der Waals surface area contributed by atoms with Crippen molar-refractivity contribution in [2.45, 2.75) is 13.0 Å². The van der Waals surface area contributed by atoms with Crippen LogP contribution < -0.4 is 11.1 Å². The molecule has 0 aliphatic rings. The standard InChI is InChI=1S/C14H18N4O2/c1-10(9-20-2)16-14(19)13-6-7-18(17-13)12-5-3-4-11(15)8-12/h3-8,10H,9,15H2,1-2H3,(H,16,19). The number of hydrogen-bond acceptors (Lipinski definition) is 4. The minimum Gasteiger partial charge on any atom is -0.399 e. The van der Waals surface area contributed by atoms with E-state index in [0.717, 1.165) is 5.69 Å². The molecule has 2 aromatic rings. The summed E-state index contributed by atoms with van der Waals surface area (Å²) < 4.78 is 6.59. The molecule has 1 unspecified atom stereocenters. The molecule has 6 heteroatoms. The zero-order valence-corrected chi connectivity index (χ0v) is 11.5. The van der Waals surface area contributed by atoms with Crippen molar-refractivity contribution in [3.8, 4) is 5.69 Å². The zero-order chi connectivity index (χ0) is 14.5. The minimum absolute atomic E-state index is 0.0648. The van der Waals surface area contributed by atoms with Crippen LogP contribution in [0.3, 0.4) is 0 Å². The Morgan fingerprint density at radius 3 is 3.00 bits per heavy atom. The van der Waals surface area contributed by atoms with Gasteiger partial charge in [-0.15, -0.1) is 0 Å². The summed E-state index contributed by atoms with van der Waals surface area (Å²) in [5.41, 5.74) is 7.55. The van der Waals surface area contributed by atoms with E-state index in [4.69, 9.17) is 10.5 Å². The van der Waals surface area contributed by atoms with Gasteiger partial charge in [0, 0.05) is 25.0 Å². The topological polar surface area (TPSA) is 82.2 Å². The van der Waals surface area contributed by atoms with Crippen molar-refractivity contribution in [1.29, 1.82) is 0 Å². The smallest absolute Gasteiger partial charge is 0.272 e. The summed E-state index contributed by atoms with van der Waals surface area (Å²) >= 11 is 0. The Kier molecular flexibility index (Phi) is 4.37. The van der Waals surface area contributed by atoms with Crippen LogP contribution in [0.5, 0.6) is 0 Å². The highest BCUT2D eigenvalue weighted by Gasteiger charge is 2.12. The third-order valence-corrected chi connectivity index (χ3v) is 2.75. The van der Waals surface area contributed by atoms with Crippen LogP contribution in [-0.2, 0) is 4.74 Å². The quantitative estimate of drug-likeness (QED) is 0.803. The van der Waals surface area contributed by atoms with Crippen LogP contribution in [0.25, 0.3) is 5.69 Å². The number of nitrogen functional groups attached to an aromatic ring is 1. The van der Waals surface area contributed by atoms with Crippen molar-refractivity contribution < 1.29 is 9.53 Å². The van der Waals surface area contributed by atoms with E-state index in [2.05, 4.69) is 10.4 Å². The lowest BCUT2D eigenvalue weighted by Crippen LogP contribution is -2.35. The van der Waals surface area contributed by atoms with E-state index in [-0.39, 0.29) is 11.9 Å². The molecule has 3 N–H and O–H groups in total. The van der Waals surface area contributed by atoms with E-state index in [1.807, 2.05) is 19.1 Å². The second-order valence-electron chi connectivity index (χ2n) is 4.57. The van der Waals surface area contributed by atoms with Crippen LogP contribution in [-0.4, -0.2) is 35.4 Å². The van der Waals surface area contributed by atoms with E-state index in [0.29, 0.717) is 18.0 Å². The van der Waals surface area contributed by atoms with Crippen molar-refractivity contribution in [3.05, 3.63) is 42.2 Å². The van der Waals surface area contributed by atoms with Crippen LogP contribution >= 0.6 is 0 Å². The molecule has 0 radical (unpaired) electrons. The summed E-state index contributed by atoms with van der Waals surface area (Å²) in [5.74, 6) is -0.225. The molecule has 1 amide bonds. The Morgan fingerprint density at radius 2 is 2.30 bits per heavy atom. The number of rotatable bonds is 5. The zero-order valence-electron chi connectivity index (χ0n) is 11.5. The normalized spacial score (nSPS) is 12.1. The fourth-order valence-corrected chi connectivity index (χ4v) is 1.85. The number of nitrogens with zero attached hydrogens (tertiary/aromatic N) is 2. The summed E-state index contributed by atoms with van der Waals surface area (Å²) in [6, 6.07) is 8.91. The molecule has 6 nitrogen and oxygen atoms in total. The summed E-state index contributed by atoms with van der Waals surface area (Å²) in [4.78, 5) is 12.0. The van der Waals surface area contributed by atoms with Gasteiger partial charge in [0.2, 0.25) is 0 Å². The predicted molar refractivity (Wildman–Crippen MR) is 76.8 cm³/mol. The third-order valence-electron chi connectivity index (χ3n) is 2.75. The predicted octanol–water partition coefficient (Wildman–Crippen LogP) is 1.22. The fraction of sp³-hybridized carbons (Fsp3) is 0.286. The molecule has 0 fully saturated rings. The number of anilines is 1. The Labute approximate surface area is 117 Å². The van der Waals surface area contributed by atoms with E-state index < -0.39 is 0 Å². The Hall–Kier alpha value is -2.34. The van der Waals surface area contributed by atoms with Crippen LogP contribution in [0.2, 0.25) is 0 Å². The van der Waals surface area contributed by atoms with Crippen LogP contribution in [0.4, 0.5) is 5.69 Å². The molecule has 1 aromatic heterocycles. The van der Waals surface area contributed by atoms with Crippen LogP contribution in [0.15, 0.2) is 36.5 Å². The lowest BCUT2D eigenvalue weighted by atomic mass is 10.3. The SMILES string of the molecule is COCC(C)NC(=O)c1ccn(-c2cccc(N)c2)n1. The Morgan fingerprint density at radius 1 is 1.50 bits per heavy atom. The number of ether oxygens (including phenoxy) is 1. The van der Waals surface area contributed by atoms with Crippen molar-refractivity contribution >= 4 is 11.6 Å². The summed E-state index contributed by atoms with van der Waals surface area (Å²) in [7, 11) is 1.59. The van der Waals surface area contributed by atoms with Gasteiger partial charge in [0.15, 0.2) is 5.69 Å². The summed E-state index contributed by atoms with van der Waals surface area (Å²) in [6.45, 7) is 2.33. The molecule has 20 heavy (non-hydrogen) atoms. The number of amides is 1. The van der Waals surface area contributed by atoms with Gasteiger partial charge in [0.25, 0.3) is 5.91 Å². The number of hydrogen-bond donors (Lipinski definition) is 2. The first kappa shape index (κ1) is 14.1. The van der Waals surface area contributed by atoms with E-state index in [1.54, 1.807) is 36.2 Å². The van der Waals surface area contributed by atoms with E-state index in [1.165, 1.54) is 0 Å². The molecule has 1 heterocycles. The van der Waals surface area contributed by atoms with Crippen LogP contribution in [0.1, 0.15) is 17.4 Å². The number of nitrogens with one attached hydrogen (secondary N) is 1. The maximum absolute atomic E-state index is 12.0. The highest BCUT2D eigenvalue weighted by Crippen LogP contribution is 2.11. The second-order valence-corrected chi connectivity index (χ2v) is 4.57. The number of benzene rings is 1. The van der Waals surface area contributed by atoms with Gasteiger partial charge in [-0.05, 0) is 31.2 Å². The van der Waals surface area contributed by atoms with Gasteiger partial charge in [-0.2, -0.15) is 5.10 Å². The molecular weight excluding hydrogens is 256 g/mol. The monoisotopic (exact) mass is 274 g/mol. The van der Waals surface area contributed by atoms with E-state index >= 15 is 0 Å². The van der Waals surface area contributed by atoms with Gasteiger partial charge in [0.05, 0.1) is 12.3 Å². The highest BCUT2D eigenvalue weighted by atomic mass is 16.5. The molecule has 106 valence electrons. The highest BCUT2D eigenvalue weighted by molar-refractivity contribution is 5.92. The summed E-state index contributed by atoms with van der Waals surface area (Å²) in [5, 5.41) is 7.05. The molecule has 0 spiro atoms. The Balaban J connectivity index is 2.11.